The summed E-state index contributed by atoms with van der Waals surface area (Å²) in [6.45, 7) is 3.01. The highest BCUT2D eigenvalue weighted by atomic mass is 19.4. The number of carbonyl (C=O) groups excluding carboxylic acids is 1. The van der Waals surface area contributed by atoms with E-state index in [0.717, 1.165) is 6.07 Å². The molecule has 17 heavy (non-hydrogen) atoms. The number of pyridine rings is 1. The van der Waals surface area contributed by atoms with Gasteiger partial charge in [0.15, 0.2) is 0 Å². The van der Waals surface area contributed by atoms with Crippen molar-refractivity contribution in [2.45, 2.75) is 20.0 Å². The Morgan fingerprint density at radius 2 is 2.12 bits per heavy atom. The molecule has 0 saturated heterocycles. The van der Waals surface area contributed by atoms with E-state index >= 15 is 0 Å². The number of nitrogens with two attached hydrogens (primary N) is 1. The predicted molar refractivity (Wildman–Crippen MR) is 53.7 cm³/mol. The Bertz CT molecular complexity index is 444. The molecule has 0 aliphatic rings. The quantitative estimate of drug-likeness (QED) is 0.888. The van der Waals surface area contributed by atoms with Crippen molar-refractivity contribution < 1.29 is 22.7 Å². The Hall–Kier alpha value is -1.79. The van der Waals surface area contributed by atoms with Gasteiger partial charge in [0, 0.05) is 0 Å². The molecule has 1 aromatic rings. The molecule has 0 aliphatic carbocycles. The first kappa shape index (κ1) is 13.3. The van der Waals surface area contributed by atoms with Gasteiger partial charge in [-0.25, -0.2) is 4.98 Å². The van der Waals surface area contributed by atoms with E-state index in [9.17, 15) is 18.0 Å². The van der Waals surface area contributed by atoms with Gasteiger partial charge >= 0.3 is 6.18 Å². The maximum atomic E-state index is 12.5. The fourth-order valence-electron chi connectivity index (χ4n) is 1.33. The number of aryl methyl sites for hydroxylation is 1. The summed E-state index contributed by atoms with van der Waals surface area (Å²) >= 11 is 0. The smallest absolute Gasteiger partial charge is 0.433 e. The molecule has 1 rings (SSSR count). The molecule has 0 aliphatic heterocycles. The average molecular weight is 248 g/mol. The fourth-order valence-corrected chi connectivity index (χ4v) is 1.33. The van der Waals surface area contributed by atoms with Gasteiger partial charge in [0.2, 0.25) is 5.88 Å². The Morgan fingerprint density at radius 3 is 2.53 bits per heavy atom. The van der Waals surface area contributed by atoms with Crippen molar-refractivity contribution >= 4 is 5.91 Å². The van der Waals surface area contributed by atoms with Crippen molar-refractivity contribution in [1.29, 1.82) is 0 Å². The number of aromatic nitrogens is 1. The molecular formula is C10H11F3N2O2. The molecule has 94 valence electrons. The monoisotopic (exact) mass is 248 g/mol. The largest absolute Gasteiger partial charge is 0.477 e. The summed E-state index contributed by atoms with van der Waals surface area (Å²) in [4.78, 5) is 14.4. The van der Waals surface area contributed by atoms with Gasteiger partial charge in [-0.2, -0.15) is 13.2 Å². The van der Waals surface area contributed by atoms with E-state index in [1.165, 1.54) is 6.92 Å². The number of amides is 1. The van der Waals surface area contributed by atoms with Crippen LogP contribution in [0, 0.1) is 6.92 Å². The maximum Gasteiger partial charge on any atom is 0.433 e. The van der Waals surface area contributed by atoms with E-state index in [-0.39, 0.29) is 23.6 Å². The second-order valence-electron chi connectivity index (χ2n) is 3.30. The van der Waals surface area contributed by atoms with Crippen molar-refractivity contribution in [2.75, 3.05) is 6.61 Å². The van der Waals surface area contributed by atoms with E-state index in [0.29, 0.717) is 0 Å². The van der Waals surface area contributed by atoms with Gasteiger partial charge in [-0.3, -0.25) is 4.79 Å². The number of rotatable bonds is 3. The molecule has 0 fully saturated rings. The molecule has 0 radical (unpaired) electrons. The first-order valence-corrected chi connectivity index (χ1v) is 4.78. The van der Waals surface area contributed by atoms with Gasteiger partial charge in [0.05, 0.1) is 6.61 Å². The van der Waals surface area contributed by atoms with Gasteiger partial charge in [-0.1, -0.05) is 0 Å². The first-order chi connectivity index (χ1) is 7.77. The number of alkyl halides is 3. The summed E-state index contributed by atoms with van der Waals surface area (Å²) in [6.07, 6.45) is -4.59. The molecule has 0 unspecified atom stereocenters. The van der Waals surface area contributed by atoms with E-state index in [4.69, 9.17) is 10.5 Å². The summed E-state index contributed by atoms with van der Waals surface area (Å²) in [7, 11) is 0. The zero-order valence-electron chi connectivity index (χ0n) is 9.26. The number of ether oxygens (including phenoxy) is 1. The third kappa shape index (κ3) is 2.86. The third-order valence-electron chi connectivity index (χ3n) is 2.00. The second-order valence-corrected chi connectivity index (χ2v) is 3.30. The van der Waals surface area contributed by atoms with Crippen LogP contribution in [0.2, 0.25) is 0 Å². The van der Waals surface area contributed by atoms with Crippen LogP contribution < -0.4 is 10.5 Å². The van der Waals surface area contributed by atoms with E-state index in [2.05, 4.69) is 4.98 Å². The highest BCUT2D eigenvalue weighted by Crippen LogP contribution is 2.31. The minimum Gasteiger partial charge on any atom is -0.477 e. The number of hydrogen-bond acceptors (Lipinski definition) is 3. The summed E-state index contributed by atoms with van der Waals surface area (Å²) in [5, 5.41) is 0. The molecule has 2 N–H and O–H groups in total. The molecule has 7 heteroatoms. The Balaban J connectivity index is 3.41. The molecule has 0 aromatic carbocycles. The lowest BCUT2D eigenvalue weighted by molar-refractivity contribution is -0.141. The highest BCUT2D eigenvalue weighted by Gasteiger charge is 2.34. The zero-order valence-corrected chi connectivity index (χ0v) is 9.26. The molecule has 0 bridgehead atoms. The Labute approximate surface area is 95.6 Å². The number of carbonyl (C=O) groups is 1. The first-order valence-electron chi connectivity index (χ1n) is 4.78. The SMILES string of the molecule is CCOc1nc(C(F)(F)F)cc(C)c1C(N)=O. The lowest BCUT2D eigenvalue weighted by Gasteiger charge is -2.13. The minimum atomic E-state index is -4.59. The summed E-state index contributed by atoms with van der Waals surface area (Å²) in [5.41, 5.74) is 3.92. The number of hydrogen-bond donors (Lipinski definition) is 1. The molecule has 0 atom stereocenters. The van der Waals surface area contributed by atoms with Crippen molar-refractivity contribution in [1.82, 2.24) is 4.98 Å². The molecule has 1 aromatic heterocycles. The minimum absolute atomic E-state index is 0.0864. The number of primary amides is 1. The lowest BCUT2D eigenvalue weighted by Crippen LogP contribution is -2.18. The Morgan fingerprint density at radius 1 is 1.53 bits per heavy atom. The number of halogens is 3. The normalized spacial score (nSPS) is 11.4. The second kappa shape index (κ2) is 4.60. The van der Waals surface area contributed by atoms with Crippen molar-refractivity contribution in [3.63, 3.8) is 0 Å². The topological polar surface area (TPSA) is 65.2 Å². The summed E-state index contributed by atoms with van der Waals surface area (Å²) in [6, 6.07) is 0.766. The predicted octanol–water partition coefficient (Wildman–Crippen LogP) is 1.91. The summed E-state index contributed by atoms with van der Waals surface area (Å²) < 4.78 is 42.4. The van der Waals surface area contributed by atoms with Crippen molar-refractivity contribution in [2.24, 2.45) is 5.73 Å². The van der Waals surface area contributed by atoms with Crippen molar-refractivity contribution in [3.05, 3.63) is 22.9 Å². The standard InChI is InChI=1S/C10H11F3N2O2/c1-3-17-9-7(8(14)16)5(2)4-6(15-9)10(11,12)13/h4H,3H2,1-2H3,(H2,14,16). The van der Waals surface area contributed by atoms with Gasteiger partial charge in [-0.05, 0) is 25.5 Å². The molecule has 4 nitrogen and oxygen atoms in total. The molecule has 0 saturated carbocycles. The lowest BCUT2D eigenvalue weighted by atomic mass is 10.1. The van der Waals surface area contributed by atoms with Gasteiger partial charge in [0.25, 0.3) is 5.91 Å². The fraction of sp³-hybridized carbons (Fsp3) is 0.400. The Kier molecular flexibility index (Phi) is 3.59. The van der Waals surface area contributed by atoms with Crippen LogP contribution in [0.4, 0.5) is 13.2 Å². The van der Waals surface area contributed by atoms with Crippen LogP contribution in [0.15, 0.2) is 6.07 Å². The zero-order chi connectivity index (χ0) is 13.2. The van der Waals surface area contributed by atoms with Crippen LogP contribution >= 0.6 is 0 Å². The van der Waals surface area contributed by atoms with E-state index < -0.39 is 17.8 Å². The average Bonchev–Trinajstić information content (AvgIpc) is 2.15. The third-order valence-corrected chi connectivity index (χ3v) is 2.00. The van der Waals surface area contributed by atoms with E-state index in [1.807, 2.05) is 0 Å². The van der Waals surface area contributed by atoms with Crippen LogP contribution in [0.3, 0.4) is 0 Å². The van der Waals surface area contributed by atoms with E-state index in [1.54, 1.807) is 6.92 Å². The van der Waals surface area contributed by atoms with Crippen LogP contribution in [0.25, 0.3) is 0 Å². The molecule has 0 spiro atoms. The van der Waals surface area contributed by atoms with Crippen LogP contribution in [0.5, 0.6) is 5.88 Å². The number of nitrogens with zero attached hydrogens (tertiary/aromatic N) is 1. The highest BCUT2D eigenvalue weighted by molar-refractivity contribution is 5.96. The molecule has 1 amide bonds. The maximum absolute atomic E-state index is 12.5. The van der Waals surface area contributed by atoms with Gasteiger partial charge < -0.3 is 10.5 Å². The summed E-state index contributed by atoms with van der Waals surface area (Å²) in [5.74, 6) is -1.25. The van der Waals surface area contributed by atoms with Crippen LogP contribution in [0.1, 0.15) is 28.5 Å². The molecule has 1 heterocycles. The van der Waals surface area contributed by atoms with Crippen LogP contribution in [-0.2, 0) is 6.18 Å². The van der Waals surface area contributed by atoms with Crippen molar-refractivity contribution in [3.8, 4) is 5.88 Å². The van der Waals surface area contributed by atoms with Gasteiger partial charge in [0.1, 0.15) is 11.3 Å². The van der Waals surface area contributed by atoms with Gasteiger partial charge in [-0.15, -0.1) is 0 Å². The van der Waals surface area contributed by atoms with Crippen LogP contribution in [-0.4, -0.2) is 17.5 Å². The molecular weight excluding hydrogens is 237 g/mol.